The summed E-state index contributed by atoms with van der Waals surface area (Å²) in [6.07, 6.45) is -0.975. The van der Waals surface area contributed by atoms with Gasteiger partial charge in [0.05, 0.1) is 12.7 Å². The fourth-order valence-electron chi connectivity index (χ4n) is 1.50. The van der Waals surface area contributed by atoms with Crippen LogP contribution in [0.4, 0.5) is 8.78 Å². The number of aliphatic hydroxyl groups excluding tert-OH is 1. The van der Waals surface area contributed by atoms with Gasteiger partial charge in [-0.15, -0.1) is 0 Å². The number of ether oxygens (including phenoxy) is 1. The molecule has 3 nitrogen and oxygen atoms in total. The molecule has 0 saturated carbocycles. The van der Waals surface area contributed by atoms with Crippen LogP contribution in [0.1, 0.15) is 11.7 Å². The van der Waals surface area contributed by atoms with Crippen LogP contribution in [0.25, 0.3) is 0 Å². The smallest absolute Gasteiger partial charge is 0.131 e. The summed E-state index contributed by atoms with van der Waals surface area (Å²) >= 11 is 0. The van der Waals surface area contributed by atoms with Crippen LogP contribution >= 0.6 is 0 Å². The number of hydrogen-bond donors (Lipinski definition) is 1. The minimum Gasteiger partial charge on any atom is -0.387 e. The lowest BCUT2D eigenvalue weighted by atomic mass is 10.1. The summed E-state index contributed by atoms with van der Waals surface area (Å²) in [7, 11) is 3.38. The molecule has 0 aliphatic heterocycles. The summed E-state index contributed by atoms with van der Waals surface area (Å²) in [6.45, 7) is 1.44. The van der Waals surface area contributed by atoms with Gasteiger partial charge in [-0.05, 0) is 13.1 Å². The van der Waals surface area contributed by atoms with E-state index >= 15 is 0 Å². The maximum atomic E-state index is 13.4. The van der Waals surface area contributed by atoms with Crippen molar-refractivity contribution in [1.82, 2.24) is 4.90 Å². The van der Waals surface area contributed by atoms with E-state index in [1.165, 1.54) is 6.07 Å². The molecule has 1 rings (SSSR count). The number of benzene rings is 1. The SMILES string of the molecule is COCCN(C)CC(O)c1ccc(F)cc1F. The Morgan fingerprint density at radius 3 is 2.71 bits per heavy atom. The van der Waals surface area contributed by atoms with E-state index in [0.29, 0.717) is 13.2 Å². The van der Waals surface area contributed by atoms with E-state index < -0.39 is 17.7 Å². The summed E-state index contributed by atoms with van der Waals surface area (Å²) in [4.78, 5) is 1.82. The number of nitrogens with zero attached hydrogens (tertiary/aromatic N) is 1. The second-order valence-corrected chi connectivity index (χ2v) is 3.94. The minimum atomic E-state index is -0.975. The number of aliphatic hydroxyl groups is 1. The number of likely N-dealkylation sites (N-methyl/N-ethyl adjacent to an activating group) is 1. The molecule has 17 heavy (non-hydrogen) atoms. The van der Waals surface area contributed by atoms with Crippen LogP contribution in [0.5, 0.6) is 0 Å². The Kier molecular flexibility index (Phi) is 5.47. The lowest BCUT2D eigenvalue weighted by Crippen LogP contribution is -2.28. The van der Waals surface area contributed by atoms with Gasteiger partial charge in [0, 0.05) is 31.8 Å². The predicted molar refractivity (Wildman–Crippen MR) is 60.7 cm³/mol. The van der Waals surface area contributed by atoms with Crippen molar-refractivity contribution in [2.45, 2.75) is 6.10 Å². The molecule has 0 amide bonds. The Labute approximate surface area is 99.6 Å². The highest BCUT2D eigenvalue weighted by molar-refractivity contribution is 5.21. The van der Waals surface area contributed by atoms with Gasteiger partial charge in [0.25, 0.3) is 0 Å². The Morgan fingerprint density at radius 1 is 1.41 bits per heavy atom. The quantitative estimate of drug-likeness (QED) is 0.826. The third kappa shape index (κ3) is 4.38. The molecule has 0 radical (unpaired) electrons. The van der Waals surface area contributed by atoms with E-state index in [1.807, 2.05) is 4.90 Å². The summed E-state index contributed by atoms with van der Waals surface area (Å²) in [5.74, 6) is -1.37. The van der Waals surface area contributed by atoms with E-state index in [4.69, 9.17) is 4.74 Å². The highest BCUT2D eigenvalue weighted by atomic mass is 19.1. The van der Waals surface area contributed by atoms with Crippen molar-refractivity contribution >= 4 is 0 Å². The normalized spacial score (nSPS) is 13.1. The Morgan fingerprint density at radius 2 is 2.12 bits per heavy atom. The highest BCUT2D eigenvalue weighted by Gasteiger charge is 2.15. The molecule has 1 atom stereocenters. The van der Waals surface area contributed by atoms with Crippen molar-refractivity contribution in [2.24, 2.45) is 0 Å². The minimum absolute atomic E-state index is 0.107. The number of rotatable bonds is 6. The molecule has 0 saturated heterocycles. The zero-order valence-corrected chi connectivity index (χ0v) is 9.99. The molecule has 1 aromatic rings. The average molecular weight is 245 g/mol. The third-order valence-corrected chi connectivity index (χ3v) is 2.48. The summed E-state index contributed by atoms with van der Waals surface area (Å²) in [6, 6.07) is 3.17. The van der Waals surface area contributed by atoms with E-state index in [2.05, 4.69) is 0 Å². The molecule has 0 fully saturated rings. The zero-order chi connectivity index (χ0) is 12.8. The van der Waals surface area contributed by atoms with Crippen molar-refractivity contribution in [2.75, 3.05) is 33.9 Å². The van der Waals surface area contributed by atoms with E-state index in [-0.39, 0.29) is 12.1 Å². The molecule has 0 aliphatic carbocycles. The lowest BCUT2D eigenvalue weighted by Gasteiger charge is -2.20. The van der Waals surface area contributed by atoms with E-state index in [9.17, 15) is 13.9 Å². The summed E-state index contributed by atoms with van der Waals surface area (Å²) in [5.41, 5.74) is 0.107. The lowest BCUT2D eigenvalue weighted by molar-refractivity contribution is 0.101. The Hall–Kier alpha value is -1.04. The van der Waals surface area contributed by atoms with Gasteiger partial charge in [0.2, 0.25) is 0 Å². The van der Waals surface area contributed by atoms with Crippen LogP contribution in [-0.2, 0) is 4.74 Å². The van der Waals surface area contributed by atoms with Gasteiger partial charge in [-0.1, -0.05) is 6.07 Å². The molecule has 1 N–H and O–H groups in total. The van der Waals surface area contributed by atoms with Gasteiger partial charge in [0.15, 0.2) is 0 Å². The molecule has 96 valence electrons. The maximum absolute atomic E-state index is 13.4. The monoisotopic (exact) mass is 245 g/mol. The topological polar surface area (TPSA) is 32.7 Å². The first-order valence-corrected chi connectivity index (χ1v) is 5.35. The van der Waals surface area contributed by atoms with Crippen LogP contribution < -0.4 is 0 Å². The van der Waals surface area contributed by atoms with Crippen molar-refractivity contribution in [3.8, 4) is 0 Å². The van der Waals surface area contributed by atoms with E-state index in [1.54, 1.807) is 14.2 Å². The molecule has 1 aromatic carbocycles. The number of halogens is 2. The molecular formula is C12H17F2NO2. The molecule has 1 unspecified atom stereocenters. The Balaban J connectivity index is 2.60. The van der Waals surface area contributed by atoms with Crippen molar-refractivity contribution in [1.29, 1.82) is 0 Å². The van der Waals surface area contributed by atoms with Crippen LogP contribution in [0, 0.1) is 11.6 Å². The Bertz CT molecular complexity index is 360. The van der Waals surface area contributed by atoms with Gasteiger partial charge in [-0.3, -0.25) is 0 Å². The van der Waals surface area contributed by atoms with Gasteiger partial charge in [-0.2, -0.15) is 0 Å². The standard InChI is InChI=1S/C12H17F2NO2/c1-15(5-6-17-2)8-12(16)10-4-3-9(13)7-11(10)14/h3-4,7,12,16H,5-6,8H2,1-2H3. The molecule has 0 bridgehead atoms. The summed E-state index contributed by atoms with van der Waals surface area (Å²) < 4.78 is 30.9. The molecular weight excluding hydrogens is 228 g/mol. The second-order valence-electron chi connectivity index (χ2n) is 3.94. The first-order valence-electron chi connectivity index (χ1n) is 5.35. The fraction of sp³-hybridized carbons (Fsp3) is 0.500. The van der Waals surface area contributed by atoms with Gasteiger partial charge >= 0.3 is 0 Å². The largest absolute Gasteiger partial charge is 0.387 e. The second kappa shape index (κ2) is 6.64. The van der Waals surface area contributed by atoms with Crippen LogP contribution in [-0.4, -0.2) is 43.9 Å². The number of methoxy groups -OCH3 is 1. The zero-order valence-electron chi connectivity index (χ0n) is 9.99. The van der Waals surface area contributed by atoms with Crippen molar-refractivity contribution in [3.05, 3.63) is 35.4 Å². The molecule has 5 heteroatoms. The van der Waals surface area contributed by atoms with Crippen LogP contribution in [0.15, 0.2) is 18.2 Å². The fourth-order valence-corrected chi connectivity index (χ4v) is 1.50. The van der Waals surface area contributed by atoms with Gasteiger partial charge in [-0.25, -0.2) is 8.78 Å². The van der Waals surface area contributed by atoms with Gasteiger partial charge < -0.3 is 14.7 Å². The van der Waals surface area contributed by atoms with Crippen molar-refractivity contribution in [3.63, 3.8) is 0 Å². The molecule has 0 aromatic heterocycles. The average Bonchev–Trinajstić information content (AvgIpc) is 2.26. The first-order chi connectivity index (χ1) is 8.04. The maximum Gasteiger partial charge on any atom is 0.131 e. The molecule has 0 aliphatic rings. The number of hydrogen-bond acceptors (Lipinski definition) is 3. The highest BCUT2D eigenvalue weighted by Crippen LogP contribution is 2.18. The summed E-state index contributed by atoms with van der Waals surface area (Å²) in [5, 5.41) is 9.82. The van der Waals surface area contributed by atoms with E-state index in [0.717, 1.165) is 12.1 Å². The van der Waals surface area contributed by atoms with Crippen LogP contribution in [0.3, 0.4) is 0 Å². The first kappa shape index (κ1) is 14.0. The predicted octanol–water partition coefficient (Wildman–Crippen LogP) is 1.58. The van der Waals surface area contributed by atoms with Crippen molar-refractivity contribution < 1.29 is 18.6 Å². The molecule has 0 heterocycles. The third-order valence-electron chi connectivity index (χ3n) is 2.48. The molecule has 0 spiro atoms. The van der Waals surface area contributed by atoms with Crippen LogP contribution in [0.2, 0.25) is 0 Å². The van der Waals surface area contributed by atoms with Gasteiger partial charge in [0.1, 0.15) is 11.6 Å².